The van der Waals surface area contributed by atoms with Crippen molar-refractivity contribution in [1.29, 1.82) is 0 Å². The molecular formula is C21H26N6O4S. The maximum Gasteiger partial charge on any atom is 0.229 e. The average molecular weight is 459 g/mol. The van der Waals surface area contributed by atoms with Gasteiger partial charge in [0.25, 0.3) is 0 Å². The van der Waals surface area contributed by atoms with E-state index in [2.05, 4.69) is 26.6 Å². The SMILES string of the molecule is C[C@@H](C1CC1)N1Cc2cc(-c3ccn4nc(N)c(C(O)O)c4n3)cc(NS(C)(=O)=O)c2C1. The molecule has 5 N–H and O–H groups in total. The van der Waals surface area contributed by atoms with Crippen LogP contribution in [0.4, 0.5) is 11.5 Å². The number of nitrogen functional groups attached to an aromatic ring is 1. The molecule has 0 radical (unpaired) electrons. The number of hydrogen-bond acceptors (Lipinski definition) is 8. The van der Waals surface area contributed by atoms with Crippen molar-refractivity contribution in [3.63, 3.8) is 0 Å². The summed E-state index contributed by atoms with van der Waals surface area (Å²) >= 11 is 0. The van der Waals surface area contributed by atoms with Crippen molar-refractivity contribution in [2.45, 2.75) is 45.2 Å². The third-order valence-corrected chi connectivity index (χ3v) is 6.95. The Kier molecular flexibility index (Phi) is 4.89. The predicted molar refractivity (Wildman–Crippen MR) is 120 cm³/mol. The molecule has 2 aliphatic rings. The van der Waals surface area contributed by atoms with Gasteiger partial charge >= 0.3 is 0 Å². The van der Waals surface area contributed by atoms with Crippen LogP contribution in [-0.2, 0) is 23.1 Å². The Bertz CT molecular complexity index is 1320. The minimum absolute atomic E-state index is 0.0114. The molecule has 0 amide bonds. The monoisotopic (exact) mass is 458 g/mol. The third-order valence-electron chi connectivity index (χ3n) is 6.36. The Morgan fingerprint density at radius 1 is 1.25 bits per heavy atom. The summed E-state index contributed by atoms with van der Waals surface area (Å²) in [6.45, 7) is 3.66. The molecule has 10 nitrogen and oxygen atoms in total. The molecular weight excluding hydrogens is 432 g/mol. The van der Waals surface area contributed by atoms with Crippen LogP contribution in [0.15, 0.2) is 24.4 Å². The van der Waals surface area contributed by atoms with Gasteiger partial charge in [-0.2, -0.15) is 0 Å². The lowest BCUT2D eigenvalue weighted by Crippen LogP contribution is -2.29. The molecule has 1 atom stereocenters. The van der Waals surface area contributed by atoms with Gasteiger partial charge in [0, 0.05) is 30.9 Å². The summed E-state index contributed by atoms with van der Waals surface area (Å²) in [6.07, 6.45) is 3.45. The predicted octanol–water partition coefficient (Wildman–Crippen LogP) is 1.45. The fraction of sp³-hybridized carbons (Fsp3) is 0.429. The first kappa shape index (κ1) is 21.1. The van der Waals surface area contributed by atoms with Crippen LogP contribution in [0.5, 0.6) is 0 Å². The number of fused-ring (bicyclic) bond motifs is 2. The molecule has 0 unspecified atom stereocenters. The Morgan fingerprint density at radius 2 is 2.00 bits per heavy atom. The number of nitrogens with one attached hydrogen (secondary N) is 1. The summed E-state index contributed by atoms with van der Waals surface area (Å²) in [4.78, 5) is 6.94. The summed E-state index contributed by atoms with van der Waals surface area (Å²) in [5, 5.41) is 23.4. The van der Waals surface area contributed by atoms with Crippen LogP contribution in [0.1, 0.15) is 42.7 Å². The lowest BCUT2D eigenvalue weighted by atomic mass is 10.0. The number of nitrogens with two attached hydrogens (primary N) is 1. The highest BCUT2D eigenvalue weighted by Gasteiger charge is 2.35. The molecule has 2 aromatic heterocycles. The van der Waals surface area contributed by atoms with E-state index in [0.29, 0.717) is 29.9 Å². The van der Waals surface area contributed by atoms with Crippen LogP contribution in [0.25, 0.3) is 16.9 Å². The van der Waals surface area contributed by atoms with E-state index in [1.54, 1.807) is 18.3 Å². The van der Waals surface area contributed by atoms with Gasteiger partial charge in [0.2, 0.25) is 10.0 Å². The number of anilines is 2. The van der Waals surface area contributed by atoms with Gasteiger partial charge in [-0.1, -0.05) is 0 Å². The Morgan fingerprint density at radius 3 is 2.66 bits per heavy atom. The highest BCUT2D eigenvalue weighted by molar-refractivity contribution is 7.92. The van der Waals surface area contributed by atoms with E-state index in [9.17, 15) is 18.6 Å². The summed E-state index contributed by atoms with van der Waals surface area (Å²) < 4.78 is 28.2. The quantitative estimate of drug-likeness (QED) is 0.406. The topological polar surface area (TPSA) is 146 Å². The van der Waals surface area contributed by atoms with Crippen LogP contribution in [-0.4, -0.2) is 50.4 Å². The van der Waals surface area contributed by atoms with Gasteiger partial charge in [-0.05, 0) is 55.0 Å². The summed E-state index contributed by atoms with van der Waals surface area (Å²) in [5.41, 5.74) is 9.92. The zero-order valence-corrected chi connectivity index (χ0v) is 18.7. The largest absolute Gasteiger partial charge is 0.382 e. The first-order chi connectivity index (χ1) is 15.1. The average Bonchev–Trinajstić information content (AvgIpc) is 3.36. The highest BCUT2D eigenvalue weighted by atomic mass is 32.2. The molecule has 11 heteroatoms. The molecule has 0 spiro atoms. The molecule has 1 saturated carbocycles. The molecule has 1 aliphatic carbocycles. The summed E-state index contributed by atoms with van der Waals surface area (Å²) in [6, 6.07) is 5.97. The summed E-state index contributed by atoms with van der Waals surface area (Å²) in [7, 11) is -3.47. The molecule has 3 heterocycles. The Balaban J connectivity index is 1.60. The molecule has 32 heavy (non-hydrogen) atoms. The van der Waals surface area contributed by atoms with Gasteiger partial charge in [0.1, 0.15) is 0 Å². The van der Waals surface area contributed by atoms with E-state index >= 15 is 0 Å². The standard InChI is InChI=1S/C21H26N6O4S/c1-11(12-3-4-12)26-9-14-7-13(8-17(15(14)10-26)25-32(2,30)31)16-5-6-27-20(23-16)18(21(28)29)19(22)24-27/h5-8,11-12,21,25,28-29H,3-4,9-10H2,1-2H3,(H2,22,24)/t11-/m0/s1. The van der Waals surface area contributed by atoms with Crippen LogP contribution < -0.4 is 10.5 Å². The van der Waals surface area contributed by atoms with Gasteiger partial charge in [0.15, 0.2) is 17.8 Å². The van der Waals surface area contributed by atoms with E-state index in [0.717, 1.165) is 29.5 Å². The molecule has 1 aromatic carbocycles. The minimum Gasteiger partial charge on any atom is -0.382 e. The maximum absolute atomic E-state index is 12.1. The van der Waals surface area contributed by atoms with Crippen LogP contribution >= 0.6 is 0 Å². The van der Waals surface area contributed by atoms with Gasteiger partial charge in [-0.15, -0.1) is 5.10 Å². The third kappa shape index (κ3) is 3.81. The lowest BCUT2D eigenvalue weighted by Gasteiger charge is -2.23. The zero-order valence-electron chi connectivity index (χ0n) is 17.9. The van der Waals surface area contributed by atoms with Crippen molar-refractivity contribution in [2.24, 2.45) is 5.92 Å². The fourth-order valence-electron chi connectivity index (χ4n) is 4.51. The van der Waals surface area contributed by atoms with Crippen LogP contribution in [0.2, 0.25) is 0 Å². The van der Waals surface area contributed by atoms with E-state index in [1.807, 2.05) is 6.07 Å². The normalized spacial score (nSPS) is 17.8. The second-order valence-corrected chi connectivity index (χ2v) is 10.5. The maximum atomic E-state index is 12.1. The number of hydrogen-bond donors (Lipinski definition) is 4. The van der Waals surface area contributed by atoms with Crippen molar-refractivity contribution in [2.75, 3.05) is 16.7 Å². The summed E-state index contributed by atoms with van der Waals surface area (Å²) in [5.74, 6) is 0.692. The van der Waals surface area contributed by atoms with Gasteiger partial charge in [0.05, 0.1) is 23.2 Å². The minimum atomic E-state index is -3.47. The molecule has 0 bridgehead atoms. The van der Waals surface area contributed by atoms with Crippen molar-refractivity contribution >= 4 is 27.2 Å². The number of aromatic nitrogens is 3. The number of aliphatic hydroxyl groups is 2. The fourth-order valence-corrected chi connectivity index (χ4v) is 5.09. The molecule has 1 aliphatic heterocycles. The number of rotatable bonds is 6. The number of benzene rings is 1. The second-order valence-electron chi connectivity index (χ2n) is 8.77. The number of nitrogens with zero attached hydrogens (tertiary/aromatic N) is 4. The van der Waals surface area contributed by atoms with Crippen molar-refractivity contribution < 1.29 is 18.6 Å². The molecule has 5 rings (SSSR count). The Hall–Kier alpha value is -2.73. The van der Waals surface area contributed by atoms with Crippen LogP contribution in [0.3, 0.4) is 0 Å². The van der Waals surface area contributed by atoms with Gasteiger partial charge in [-0.25, -0.2) is 17.9 Å². The molecule has 170 valence electrons. The van der Waals surface area contributed by atoms with E-state index in [1.165, 1.54) is 17.4 Å². The molecule has 3 aromatic rings. The van der Waals surface area contributed by atoms with E-state index < -0.39 is 16.3 Å². The first-order valence-corrected chi connectivity index (χ1v) is 12.4. The molecule has 1 fully saturated rings. The first-order valence-electron chi connectivity index (χ1n) is 10.5. The second kappa shape index (κ2) is 7.41. The van der Waals surface area contributed by atoms with Crippen LogP contribution in [0, 0.1) is 5.92 Å². The van der Waals surface area contributed by atoms with Gasteiger partial charge in [-0.3, -0.25) is 9.62 Å². The van der Waals surface area contributed by atoms with Crippen molar-refractivity contribution in [3.8, 4) is 11.3 Å². The van der Waals surface area contributed by atoms with Gasteiger partial charge < -0.3 is 15.9 Å². The van der Waals surface area contributed by atoms with Crippen molar-refractivity contribution in [3.05, 3.63) is 41.1 Å². The number of aliphatic hydroxyl groups excluding tert-OH is 1. The van der Waals surface area contributed by atoms with Crippen molar-refractivity contribution in [1.82, 2.24) is 19.5 Å². The Labute approximate surface area is 185 Å². The van der Waals surface area contributed by atoms with E-state index in [-0.39, 0.29) is 17.0 Å². The van der Waals surface area contributed by atoms with E-state index in [4.69, 9.17) is 5.73 Å². The molecule has 0 saturated heterocycles. The lowest BCUT2D eigenvalue weighted by molar-refractivity contribution is -0.0408. The zero-order chi connectivity index (χ0) is 22.8. The number of sulfonamides is 1. The highest BCUT2D eigenvalue weighted by Crippen LogP contribution is 2.41. The smallest absolute Gasteiger partial charge is 0.229 e.